The molecule has 0 radical (unpaired) electrons. The van der Waals surface area contributed by atoms with Crippen molar-refractivity contribution in [3.63, 3.8) is 0 Å². The van der Waals surface area contributed by atoms with Gasteiger partial charge in [0.05, 0.1) is 0 Å². The Bertz CT molecular complexity index is 911. The van der Waals surface area contributed by atoms with Crippen LogP contribution in [-0.4, -0.2) is 4.98 Å². The molecule has 0 aliphatic rings. The molecule has 0 aliphatic carbocycles. The minimum Gasteiger partial charge on any atom is -0.410 e. The predicted octanol–water partition coefficient (Wildman–Crippen LogP) is 4.36. The summed E-state index contributed by atoms with van der Waals surface area (Å²) in [6.45, 7) is 0. The number of hydrogen-bond acceptors (Lipinski definition) is 4. The number of anilines is 1. The molecule has 4 aromatic rings. The summed E-state index contributed by atoms with van der Waals surface area (Å²) in [7, 11) is 0. The maximum absolute atomic E-state index is 5.99. The van der Waals surface area contributed by atoms with Gasteiger partial charge in [0.15, 0.2) is 5.58 Å². The zero-order valence-corrected chi connectivity index (χ0v) is 11.1. The first-order valence-corrected chi connectivity index (χ1v) is 6.62. The fourth-order valence-electron chi connectivity index (χ4n) is 2.37. The molecule has 102 valence electrons. The van der Waals surface area contributed by atoms with Crippen LogP contribution in [0.15, 0.2) is 65.1 Å². The normalized spacial score (nSPS) is 11.0. The van der Waals surface area contributed by atoms with Gasteiger partial charge in [0.2, 0.25) is 0 Å². The van der Waals surface area contributed by atoms with Crippen molar-refractivity contribution in [1.29, 1.82) is 0 Å². The molecule has 0 fully saturated rings. The van der Waals surface area contributed by atoms with E-state index < -0.39 is 0 Å². The van der Waals surface area contributed by atoms with Crippen molar-refractivity contribution in [3.8, 4) is 11.8 Å². The molecule has 1 aromatic heterocycles. The highest BCUT2D eigenvalue weighted by molar-refractivity contribution is 5.97. The molecular weight excluding hydrogens is 264 g/mol. The first-order chi connectivity index (χ1) is 10.3. The van der Waals surface area contributed by atoms with Crippen molar-refractivity contribution in [2.45, 2.75) is 0 Å². The number of ether oxygens (including phenoxy) is 1. The Morgan fingerprint density at radius 2 is 1.62 bits per heavy atom. The van der Waals surface area contributed by atoms with E-state index in [0.717, 1.165) is 22.0 Å². The smallest absolute Gasteiger partial charge is 0.400 e. The molecular formula is C17H12N2O2. The van der Waals surface area contributed by atoms with E-state index in [1.165, 1.54) is 0 Å². The third-order valence-electron chi connectivity index (χ3n) is 3.39. The minimum absolute atomic E-state index is 0.228. The van der Waals surface area contributed by atoms with E-state index in [1.807, 2.05) is 60.7 Å². The van der Waals surface area contributed by atoms with E-state index in [2.05, 4.69) is 4.98 Å². The van der Waals surface area contributed by atoms with Crippen LogP contribution in [0.3, 0.4) is 0 Å². The molecule has 4 heteroatoms. The summed E-state index contributed by atoms with van der Waals surface area (Å²) in [6, 6.07) is 19.0. The molecule has 0 saturated carbocycles. The van der Waals surface area contributed by atoms with Crippen molar-refractivity contribution >= 4 is 27.6 Å². The van der Waals surface area contributed by atoms with Crippen molar-refractivity contribution in [2.24, 2.45) is 0 Å². The maximum atomic E-state index is 5.99. The number of fused-ring (bicyclic) bond motifs is 2. The van der Waals surface area contributed by atoms with Gasteiger partial charge in [-0.2, -0.15) is 4.98 Å². The first-order valence-electron chi connectivity index (χ1n) is 6.62. The Hall–Kier alpha value is -3.01. The van der Waals surface area contributed by atoms with E-state index in [-0.39, 0.29) is 6.08 Å². The summed E-state index contributed by atoms with van der Waals surface area (Å²) >= 11 is 0. The lowest BCUT2D eigenvalue weighted by Gasteiger charge is -2.07. The summed E-state index contributed by atoms with van der Waals surface area (Å²) < 4.78 is 11.4. The lowest BCUT2D eigenvalue weighted by Crippen LogP contribution is -1.90. The molecule has 3 aromatic carbocycles. The summed E-state index contributed by atoms with van der Waals surface area (Å²) in [5.74, 6) is 0.673. The first kappa shape index (κ1) is 11.8. The Morgan fingerprint density at radius 3 is 2.48 bits per heavy atom. The number of para-hydroxylation sites is 2. The quantitative estimate of drug-likeness (QED) is 0.553. The van der Waals surface area contributed by atoms with Crippen molar-refractivity contribution in [1.82, 2.24) is 4.98 Å². The molecule has 4 rings (SSSR count). The van der Waals surface area contributed by atoms with E-state index in [1.54, 1.807) is 0 Å². The lowest BCUT2D eigenvalue weighted by atomic mass is 10.1. The van der Waals surface area contributed by atoms with Gasteiger partial charge in [-0.3, -0.25) is 0 Å². The Labute approximate surface area is 120 Å². The monoisotopic (exact) mass is 276 g/mol. The van der Waals surface area contributed by atoms with Gasteiger partial charge >= 0.3 is 6.08 Å². The van der Waals surface area contributed by atoms with Crippen LogP contribution in [0.25, 0.3) is 21.9 Å². The van der Waals surface area contributed by atoms with Crippen LogP contribution >= 0.6 is 0 Å². The lowest BCUT2D eigenvalue weighted by molar-refractivity contribution is 0.346. The second-order valence-corrected chi connectivity index (χ2v) is 4.75. The zero-order chi connectivity index (χ0) is 14.2. The van der Waals surface area contributed by atoms with Crippen molar-refractivity contribution in [2.75, 3.05) is 5.73 Å². The number of benzene rings is 3. The van der Waals surface area contributed by atoms with Crippen LogP contribution in [0.4, 0.5) is 5.69 Å². The van der Waals surface area contributed by atoms with E-state index in [9.17, 15) is 0 Å². The van der Waals surface area contributed by atoms with Crippen LogP contribution in [0.5, 0.6) is 11.8 Å². The molecule has 0 bridgehead atoms. The van der Waals surface area contributed by atoms with Gasteiger partial charge in [-0.05, 0) is 24.3 Å². The van der Waals surface area contributed by atoms with Gasteiger partial charge in [0.25, 0.3) is 0 Å². The second kappa shape index (κ2) is 4.52. The number of oxazole rings is 1. The summed E-state index contributed by atoms with van der Waals surface area (Å²) in [4.78, 5) is 4.32. The highest BCUT2D eigenvalue weighted by Crippen LogP contribution is 2.33. The molecule has 0 amide bonds. The fraction of sp³-hybridized carbons (Fsp3) is 0. The molecule has 2 N–H and O–H groups in total. The van der Waals surface area contributed by atoms with Crippen LogP contribution in [-0.2, 0) is 0 Å². The number of nitrogens with zero attached hydrogens (tertiary/aromatic N) is 1. The van der Waals surface area contributed by atoms with Gasteiger partial charge in [-0.1, -0.05) is 36.4 Å². The molecule has 0 saturated heterocycles. The molecule has 0 unspecified atom stereocenters. The predicted molar refractivity (Wildman–Crippen MR) is 82.4 cm³/mol. The molecule has 1 heterocycles. The average molecular weight is 276 g/mol. The van der Waals surface area contributed by atoms with Gasteiger partial charge in [-0.25, -0.2) is 0 Å². The number of nitrogen functional groups attached to an aromatic ring is 1. The summed E-state index contributed by atoms with van der Waals surface area (Å²) in [6.07, 6.45) is 0.228. The molecule has 0 aliphatic heterocycles. The standard InChI is InChI=1S/C17H12N2O2/c18-13-9-10-15(12-6-2-1-5-11(12)13)20-17-19-14-7-3-4-8-16(14)21-17/h1-10H,18H2. The number of hydrogen-bond donors (Lipinski definition) is 1. The summed E-state index contributed by atoms with van der Waals surface area (Å²) in [5.41, 5.74) is 8.17. The third kappa shape index (κ3) is 1.97. The van der Waals surface area contributed by atoms with Gasteiger partial charge < -0.3 is 14.9 Å². The SMILES string of the molecule is Nc1ccc(Oc2nc3ccccc3o2)c2ccccc12. The van der Waals surface area contributed by atoms with Gasteiger partial charge in [0, 0.05) is 16.5 Å². The Balaban J connectivity index is 1.82. The van der Waals surface area contributed by atoms with Crippen LogP contribution in [0.2, 0.25) is 0 Å². The highest BCUT2D eigenvalue weighted by Gasteiger charge is 2.10. The van der Waals surface area contributed by atoms with Crippen LogP contribution < -0.4 is 10.5 Å². The fourth-order valence-corrected chi connectivity index (χ4v) is 2.37. The third-order valence-corrected chi connectivity index (χ3v) is 3.39. The highest BCUT2D eigenvalue weighted by atomic mass is 16.6. The van der Waals surface area contributed by atoms with Crippen molar-refractivity contribution < 1.29 is 9.15 Å². The van der Waals surface area contributed by atoms with Crippen LogP contribution in [0, 0.1) is 0 Å². The molecule has 0 spiro atoms. The molecule has 4 nitrogen and oxygen atoms in total. The van der Waals surface area contributed by atoms with Crippen LogP contribution in [0.1, 0.15) is 0 Å². The minimum atomic E-state index is 0.228. The van der Waals surface area contributed by atoms with Gasteiger partial charge in [0.1, 0.15) is 11.3 Å². The topological polar surface area (TPSA) is 61.3 Å². The summed E-state index contributed by atoms with van der Waals surface area (Å²) in [5, 5.41) is 1.88. The van der Waals surface area contributed by atoms with E-state index in [0.29, 0.717) is 11.3 Å². The Kier molecular flexibility index (Phi) is 2.54. The average Bonchev–Trinajstić information content (AvgIpc) is 2.93. The van der Waals surface area contributed by atoms with Crippen molar-refractivity contribution in [3.05, 3.63) is 60.7 Å². The van der Waals surface area contributed by atoms with E-state index >= 15 is 0 Å². The largest absolute Gasteiger partial charge is 0.410 e. The molecule has 0 atom stereocenters. The number of nitrogens with two attached hydrogens (primary N) is 1. The molecule has 21 heavy (non-hydrogen) atoms. The zero-order valence-electron chi connectivity index (χ0n) is 11.1. The maximum Gasteiger partial charge on any atom is 0.400 e. The second-order valence-electron chi connectivity index (χ2n) is 4.75. The van der Waals surface area contributed by atoms with E-state index in [4.69, 9.17) is 14.9 Å². The van der Waals surface area contributed by atoms with Gasteiger partial charge in [-0.15, -0.1) is 0 Å². The Morgan fingerprint density at radius 1 is 0.857 bits per heavy atom. The number of aromatic nitrogens is 1. The number of rotatable bonds is 2.